The third-order valence-electron chi connectivity index (χ3n) is 4.81. The van der Waals surface area contributed by atoms with Crippen LogP contribution in [-0.4, -0.2) is 21.8 Å². The Labute approximate surface area is 172 Å². The topological polar surface area (TPSA) is 54.9 Å². The average Bonchev–Trinajstić information content (AvgIpc) is 3.02. The number of nitrogens with one attached hydrogen (secondary N) is 1. The zero-order chi connectivity index (χ0) is 21.1. The monoisotopic (exact) mass is 410 g/mol. The predicted octanol–water partition coefficient (Wildman–Crippen LogP) is 3.18. The van der Waals surface area contributed by atoms with Gasteiger partial charge in [-0.15, -0.1) is 11.8 Å². The van der Waals surface area contributed by atoms with Gasteiger partial charge in [-0.2, -0.15) is 0 Å². The highest BCUT2D eigenvalue weighted by Gasteiger charge is 2.14. The molecule has 0 atom stereocenters. The SMILES string of the molecule is CCc1ccc(F)c(/C(C)=c2\c(=O)n(-c3ccccc3SC)[nH]\c2=C\C(C)=O)c1. The summed E-state index contributed by atoms with van der Waals surface area (Å²) >= 11 is 1.52. The predicted molar refractivity (Wildman–Crippen MR) is 117 cm³/mol. The maximum Gasteiger partial charge on any atom is 0.279 e. The highest BCUT2D eigenvalue weighted by atomic mass is 32.2. The number of aromatic nitrogens is 2. The van der Waals surface area contributed by atoms with E-state index in [9.17, 15) is 14.0 Å². The van der Waals surface area contributed by atoms with E-state index in [4.69, 9.17) is 0 Å². The van der Waals surface area contributed by atoms with Crippen LogP contribution in [0.3, 0.4) is 0 Å². The van der Waals surface area contributed by atoms with Gasteiger partial charge in [0.15, 0.2) is 5.78 Å². The molecular formula is C23H23FN2O2S. The fourth-order valence-electron chi connectivity index (χ4n) is 3.32. The summed E-state index contributed by atoms with van der Waals surface area (Å²) in [4.78, 5) is 26.1. The molecule has 3 aromatic rings. The molecule has 0 bridgehead atoms. The van der Waals surface area contributed by atoms with Gasteiger partial charge in [-0.3, -0.25) is 14.7 Å². The van der Waals surface area contributed by atoms with Crippen molar-refractivity contribution in [2.24, 2.45) is 0 Å². The second-order valence-electron chi connectivity index (χ2n) is 6.76. The Morgan fingerprint density at radius 3 is 2.59 bits per heavy atom. The lowest BCUT2D eigenvalue weighted by Crippen LogP contribution is -2.37. The van der Waals surface area contributed by atoms with Crippen molar-refractivity contribution in [2.45, 2.75) is 32.1 Å². The van der Waals surface area contributed by atoms with E-state index in [0.717, 1.165) is 16.9 Å². The minimum atomic E-state index is -0.398. The fraction of sp³-hybridized carbons (Fsp3) is 0.217. The summed E-state index contributed by atoms with van der Waals surface area (Å²) in [7, 11) is 0. The van der Waals surface area contributed by atoms with Gasteiger partial charge in [-0.05, 0) is 61.9 Å². The molecule has 1 N–H and O–H groups in total. The fourth-order valence-corrected chi connectivity index (χ4v) is 3.91. The van der Waals surface area contributed by atoms with Crippen molar-refractivity contribution in [2.75, 3.05) is 6.26 Å². The summed E-state index contributed by atoms with van der Waals surface area (Å²) in [6, 6.07) is 12.4. The molecule has 29 heavy (non-hydrogen) atoms. The van der Waals surface area contributed by atoms with E-state index in [1.807, 2.05) is 37.4 Å². The Morgan fingerprint density at radius 1 is 1.21 bits per heavy atom. The number of hydrogen-bond donors (Lipinski definition) is 1. The van der Waals surface area contributed by atoms with Crippen molar-refractivity contribution >= 4 is 29.2 Å². The standard InChI is InChI=1S/C23H23FN2O2S/c1-5-16-10-11-18(24)17(13-16)15(3)22-19(12-14(2)27)25-26(23(22)28)20-8-6-7-9-21(20)29-4/h6-13,25H,5H2,1-4H3/b19-12+,22-15-. The number of carbonyl (C=O) groups is 1. The first-order chi connectivity index (χ1) is 13.9. The lowest BCUT2D eigenvalue weighted by atomic mass is 10.0. The van der Waals surface area contributed by atoms with E-state index in [-0.39, 0.29) is 11.3 Å². The zero-order valence-corrected chi connectivity index (χ0v) is 17.7. The van der Waals surface area contributed by atoms with E-state index in [1.165, 1.54) is 35.5 Å². The number of aryl methyl sites for hydroxylation is 1. The molecular weight excluding hydrogens is 387 g/mol. The normalized spacial score (nSPS) is 12.9. The van der Waals surface area contributed by atoms with Gasteiger partial charge in [0, 0.05) is 16.5 Å². The quantitative estimate of drug-likeness (QED) is 0.658. The molecule has 0 aliphatic rings. The Kier molecular flexibility index (Phi) is 6.23. The molecule has 0 amide bonds. The number of Topliss-reactive ketones (excluding diaryl/α,β-unsaturated/α-hetero) is 1. The Bertz CT molecular complexity index is 1250. The molecule has 6 heteroatoms. The molecule has 0 saturated carbocycles. The lowest BCUT2D eigenvalue weighted by Gasteiger charge is -2.06. The molecule has 0 spiro atoms. The number of H-pyrrole nitrogens is 1. The van der Waals surface area contributed by atoms with Gasteiger partial charge in [-0.25, -0.2) is 9.07 Å². The Balaban J connectivity index is 2.44. The number of rotatable bonds is 5. The third-order valence-corrected chi connectivity index (χ3v) is 5.60. The molecule has 2 aromatic carbocycles. The van der Waals surface area contributed by atoms with Crippen LogP contribution in [0.25, 0.3) is 17.3 Å². The largest absolute Gasteiger partial charge is 0.295 e. The van der Waals surface area contributed by atoms with Gasteiger partial charge in [0.1, 0.15) is 5.82 Å². The number of ketones is 1. The minimum Gasteiger partial charge on any atom is -0.295 e. The Hall–Kier alpha value is -2.86. The summed E-state index contributed by atoms with van der Waals surface area (Å²) in [6.45, 7) is 5.12. The molecule has 0 saturated heterocycles. The molecule has 0 unspecified atom stereocenters. The molecule has 0 fully saturated rings. The summed E-state index contributed by atoms with van der Waals surface area (Å²) < 4.78 is 16.0. The number of para-hydroxylation sites is 1. The number of nitrogens with zero attached hydrogens (tertiary/aromatic N) is 1. The van der Waals surface area contributed by atoms with E-state index < -0.39 is 5.82 Å². The number of carbonyl (C=O) groups excluding carboxylic acids is 1. The first-order valence-electron chi connectivity index (χ1n) is 9.33. The van der Waals surface area contributed by atoms with Gasteiger partial charge in [0.25, 0.3) is 5.56 Å². The maximum atomic E-state index is 14.6. The van der Waals surface area contributed by atoms with E-state index in [0.29, 0.717) is 27.4 Å². The van der Waals surface area contributed by atoms with Crippen LogP contribution in [0.2, 0.25) is 0 Å². The van der Waals surface area contributed by atoms with Gasteiger partial charge in [0.05, 0.1) is 16.3 Å². The zero-order valence-electron chi connectivity index (χ0n) is 16.9. The van der Waals surface area contributed by atoms with Crippen LogP contribution < -0.4 is 16.1 Å². The van der Waals surface area contributed by atoms with Gasteiger partial charge in [0.2, 0.25) is 0 Å². The summed E-state index contributed by atoms with van der Waals surface area (Å²) in [6.07, 6.45) is 4.06. The van der Waals surface area contributed by atoms with E-state index in [2.05, 4.69) is 5.10 Å². The van der Waals surface area contributed by atoms with Crippen LogP contribution in [0.5, 0.6) is 0 Å². The highest BCUT2D eigenvalue weighted by molar-refractivity contribution is 7.98. The molecule has 3 rings (SSSR count). The van der Waals surface area contributed by atoms with Crippen LogP contribution in [-0.2, 0) is 11.2 Å². The van der Waals surface area contributed by atoms with E-state index >= 15 is 0 Å². The number of thioether (sulfide) groups is 1. The highest BCUT2D eigenvalue weighted by Crippen LogP contribution is 2.21. The van der Waals surface area contributed by atoms with Crippen molar-refractivity contribution in [1.29, 1.82) is 0 Å². The molecule has 1 heterocycles. The number of hydrogen-bond acceptors (Lipinski definition) is 3. The van der Waals surface area contributed by atoms with Crippen LogP contribution >= 0.6 is 11.8 Å². The van der Waals surface area contributed by atoms with Crippen LogP contribution in [0.1, 0.15) is 31.9 Å². The molecule has 4 nitrogen and oxygen atoms in total. The van der Waals surface area contributed by atoms with Crippen molar-refractivity contribution < 1.29 is 9.18 Å². The average molecular weight is 411 g/mol. The lowest BCUT2D eigenvalue weighted by molar-refractivity contribution is -0.111. The number of benzene rings is 2. The summed E-state index contributed by atoms with van der Waals surface area (Å²) in [5.74, 6) is -0.599. The summed E-state index contributed by atoms with van der Waals surface area (Å²) in [5, 5.41) is 3.71. The van der Waals surface area contributed by atoms with Gasteiger partial charge < -0.3 is 0 Å². The van der Waals surface area contributed by atoms with Crippen LogP contribution in [0.15, 0.2) is 52.2 Å². The third kappa shape index (κ3) is 4.12. The molecule has 0 aliphatic carbocycles. The first-order valence-corrected chi connectivity index (χ1v) is 10.6. The summed E-state index contributed by atoms with van der Waals surface area (Å²) in [5.41, 5.74) is 2.19. The van der Waals surface area contributed by atoms with E-state index in [1.54, 1.807) is 19.1 Å². The second kappa shape index (κ2) is 8.66. The molecule has 150 valence electrons. The maximum absolute atomic E-state index is 14.6. The number of aromatic amines is 1. The van der Waals surface area contributed by atoms with Crippen LogP contribution in [0, 0.1) is 5.82 Å². The number of halogens is 1. The van der Waals surface area contributed by atoms with Gasteiger partial charge >= 0.3 is 0 Å². The smallest absolute Gasteiger partial charge is 0.279 e. The first kappa shape index (κ1) is 20.9. The van der Waals surface area contributed by atoms with Crippen molar-refractivity contribution in [3.05, 3.63) is 80.3 Å². The second-order valence-corrected chi connectivity index (χ2v) is 7.61. The van der Waals surface area contributed by atoms with Crippen LogP contribution in [0.4, 0.5) is 4.39 Å². The molecule has 0 radical (unpaired) electrons. The Morgan fingerprint density at radius 2 is 1.93 bits per heavy atom. The van der Waals surface area contributed by atoms with Crippen molar-refractivity contribution in [3.63, 3.8) is 0 Å². The van der Waals surface area contributed by atoms with Crippen molar-refractivity contribution in [1.82, 2.24) is 9.78 Å². The molecule has 0 aliphatic heterocycles. The van der Waals surface area contributed by atoms with Gasteiger partial charge in [-0.1, -0.05) is 25.1 Å². The van der Waals surface area contributed by atoms with Crippen molar-refractivity contribution in [3.8, 4) is 5.69 Å². The minimum absolute atomic E-state index is 0.201. The molecule has 1 aromatic heterocycles.